The molecule has 4 nitrogen and oxygen atoms in total. The monoisotopic (exact) mass is 412 g/mol. The number of hydrogen-bond acceptors (Lipinski definition) is 4. The minimum absolute atomic E-state index is 0.00850. The van der Waals surface area contributed by atoms with E-state index in [2.05, 4.69) is 26.5 Å². The Morgan fingerprint density at radius 1 is 1.17 bits per heavy atom. The maximum atomic E-state index is 11.9. The van der Waals surface area contributed by atoms with Gasteiger partial charge in [0.25, 0.3) is 0 Å². The van der Waals surface area contributed by atoms with E-state index in [1.165, 1.54) is 37.5 Å². The summed E-state index contributed by atoms with van der Waals surface area (Å²) in [5.74, 6) is 1.29. The molecule has 0 radical (unpaired) electrons. The van der Waals surface area contributed by atoms with Crippen molar-refractivity contribution in [3.05, 3.63) is 36.1 Å². The summed E-state index contributed by atoms with van der Waals surface area (Å²) in [5.41, 5.74) is 2.23. The molecule has 2 heterocycles. The van der Waals surface area contributed by atoms with E-state index in [0.717, 1.165) is 38.7 Å². The molecule has 5 aliphatic rings. The van der Waals surface area contributed by atoms with Crippen LogP contribution < -0.4 is 0 Å². The first-order chi connectivity index (χ1) is 14.4. The zero-order valence-electron chi connectivity index (χ0n) is 18.5. The largest absolute Gasteiger partial charge is 0.431 e. The summed E-state index contributed by atoms with van der Waals surface area (Å²) >= 11 is 0. The second-order valence-corrected chi connectivity index (χ2v) is 10.8. The molecule has 3 aliphatic carbocycles. The minimum atomic E-state index is -0.235. The summed E-state index contributed by atoms with van der Waals surface area (Å²) in [4.78, 5) is 11.9. The molecule has 0 aromatic heterocycles. The maximum absolute atomic E-state index is 11.9. The van der Waals surface area contributed by atoms with Crippen molar-refractivity contribution in [2.45, 2.75) is 84.0 Å². The number of allylic oxidation sites excluding steroid dienone is 2. The van der Waals surface area contributed by atoms with Gasteiger partial charge < -0.3 is 14.2 Å². The van der Waals surface area contributed by atoms with Crippen molar-refractivity contribution in [2.75, 3.05) is 6.61 Å². The highest BCUT2D eigenvalue weighted by Gasteiger charge is 2.60. The van der Waals surface area contributed by atoms with Crippen molar-refractivity contribution in [2.24, 2.45) is 28.6 Å². The number of carbonyl (C=O) groups is 1. The van der Waals surface area contributed by atoms with E-state index in [1.807, 2.05) is 0 Å². The number of cyclic esters (lactones) is 1. The molecule has 2 aliphatic heterocycles. The zero-order valence-corrected chi connectivity index (χ0v) is 18.5. The Hall–Kier alpha value is -1.39. The van der Waals surface area contributed by atoms with Crippen LogP contribution in [0.15, 0.2) is 36.1 Å². The highest BCUT2D eigenvalue weighted by Crippen LogP contribution is 2.63. The van der Waals surface area contributed by atoms with Crippen molar-refractivity contribution in [3.8, 4) is 0 Å². The minimum Gasteiger partial charge on any atom is -0.431 e. The van der Waals surface area contributed by atoms with Crippen LogP contribution in [0.3, 0.4) is 0 Å². The third kappa shape index (κ3) is 3.22. The van der Waals surface area contributed by atoms with Crippen LogP contribution in [-0.4, -0.2) is 25.0 Å². The van der Waals surface area contributed by atoms with Gasteiger partial charge in [-0.3, -0.25) is 0 Å². The molecule has 0 amide bonds. The normalized spacial score (nSPS) is 45.5. The first kappa shape index (κ1) is 20.5. The summed E-state index contributed by atoms with van der Waals surface area (Å²) in [7, 11) is 0. The second kappa shape index (κ2) is 7.63. The molecule has 0 spiro atoms. The van der Waals surface area contributed by atoms with Crippen molar-refractivity contribution < 1.29 is 19.0 Å². The van der Waals surface area contributed by atoms with Crippen molar-refractivity contribution in [1.82, 2.24) is 0 Å². The van der Waals surface area contributed by atoms with Crippen molar-refractivity contribution in [1.29, 1.82) is 0 Å². The lowest BCUT2D eigenvalue weighted by atomic mass is 9.46. The molecule has 0 aromatic carbocycles. The third-order valence-corrected chi connectivity index (χ3v) is 9.19. The Morgan fingerprint density at radius 3 is 2.70 bits per heavy atom. The molecule has 4 fully saturated rings. The van der Waals surface area contributed by atoms with Gasteiger partial charge in [-0.15, -0.1) is 0 Å². The van der Waals surface area contributed by atoms with Gasteiger partial charge in [-0.25, -0.2) is 4.79 Å². The summed E-state index contributed by atoms with van der Waals surface area (Å²) in [6, 6.07) is 0. The lowest BCUT2D eigenvalue weighted by Gasteiger charge is -2.62. The lowest BCUT2D eigenvalue weighted by molar-refractivity contribution is -0.315. The van der Waals surface area contributed by atoms with Gasteiger partial charge in [0.05, 0.1) is 24.5 Å². The van der Waals surface area contributed by atoms with E-state index >= 15 is 0 Å². The van der Waals surface area contributed by atoms with Gasteiger partial charge in [-0.05, 0) is 68.3 Å². The number of ether oxygens (including phenoxy) is 3. The number of carbonyl (C=O) groups excluding carboxylic acids is 1. The first-order valence-corrected chi connectivity index (χ1v) is 11.9. The quantitative estimate of drug-likeness (QED) is 0.339. The average Bonchev–Trinajstić information content (AvgIpc) is 3.39. The van der Waals surface area contributed by atoms with Crippen LogP contribution in [0.5, 0.6) is 0 Å². The highest BCUT2D eigenvalue weighted by atomic mass is 16.7. The molecule has 1 unspecified atom stereocenters. The fourth-order valence-electron chi connectivity index (χ4n) is 7.46. The molecule has 5 rings (SSSR count). The Kier molecular flexibility index (Phi) is 5.22. The van der Waals surface area contributed by atoms with Crippen LogP contribution in [0.25, 0.3) is 0 Å². The van der Waals surface area contributed by atoms with Gasteiger partial charge in [0.2, 0.25) is 0 Å². The Morgan fingerprint density at radius 2 is 1.97 bits per heavy atom. The molecule has 4 heteroatoms. The van der Waals surface area contributed by atoms with Crippen LogP contribution in [-0.2, 0) is 19.0 Å². The number of hydrogen-bond donors (Lipinski definition) is 0. The molecule has 3 saturated carbocycles. The average molecular weight is 413 g/mol. The van der Waals surface area contributed by atoms with E-state index in [4.69, 9.17) is 14.2 Å². The van der Waals surface area contributed by atoms with Gasteiger partial charge in [-0.1, -0.05) is 44.9 Å². The molecule has 1 saturated heterocycles. The van der Waals surface area contributed by atoms with Gasteiger partial charge in [0.15, 0.2) is 6.29 Å². The van der Waals surface area contributed by atoms with E-state index in [0.29, 0.717) is 29.4 Å². The predicted octanol–water partition coefficient (Wildman–Crippen LogP) is 5.69. The molecule has 30 heavy (non-hydrogen) atoms. The predicted molar refractivity (Wildman–Crippen MR) is 115 cm³/mol. The topological polar surface area (TPSA) is 44.8 Å². The van der Waals surface area contributed by atoms with E-state index in [9.17, 15) is 4.79 Å². The van der Waals surface area contributed by atoms with E-state index < -0.39 is 0 Å². The molecular formula is C26H36O4. The van der Waals surface area contributed by atoms with Crippen LogP contribution in [0.2, 0.25) is 0 Å². The van der Waals surface area contributed by atoms with E-state index in [1.54, 1.807) is 6.08 Å². The molecule has 0 aromatic rings. The molecule has 0 N–H and O–H groups in total. The summed E-state index contributed by atoms with van der Waals surface area (Å²) in [5, 5.41) is 0. The van der Waals surface area contributed by atoms with Gasteiger partial charge in [0.1, 0.15) is 0 Å². The molecule has 0 bridgehead atoms. The zero-order chi connectivity index (χ0) is 20.9. The number of rotatable bonds is 3. The van der Waals surface area contributed by atoms with Gasteiger partial charge in [-0.2, -0.15) is 0 Å². The molecular weight excluding hydrogens is 376 g/mol. The summed E-state index contributed by atoms with van der Waals surface area (Å²) in [6.45, 7) is 10.1. The number of esters is 1. The van der Waals surface area contributed by atoms with Gasteiger partial charge in [0, 0.05) is 11.3 Å². The van der Waals surface area contributed by atoms with Crippen LogP contribution >= 0.6 is 0 Å². The van der Waals surface area contributed by atoms with Gasteiger partial charge >= 0.3 is 5.97 Å². The van der Waals surface area contributed by atoms with Crippen molar-refractivity contribution in [3.63, 3.8) is 0 Å². The summed E-state index contributed by atoms with van der Waals surface area (Å²) < 4.78 is 18.0. The maximum Gasteiger partial charge on any atom is 0.342 e. The first-order valence-electron chi connectivity index (χ1n) is 11.9. The van der Waals surface area contributed by atoms with Crippen LogP contribution in [0.1, 0.15) is 71.6 Å². The Balaban J connectivity index is 1.36. The fourth-order valence-corrected chi connectivity index (χ4v) is 7.46. The van der Waals surface area contributed by atoms with Crippen molar-refractivity contribution >= 4 is 5.97 Å². The van der Waals surface area contributed by atoms with Crippen LogP contribution in [0, 0.1) is 28.6 Å². The lowest BCUT2D eigenvalue weighted by Crippen LogP contribution is -2.61. The Labute approximate surface area is 180 Å². The fraction of sp³-hybridized carbons (Fsp3) is 0.731. The molecule has 6 atom stereocenters. The van der Waals surface area contributed by atoms with Crippen LogP contribution in [0.4, 0.5) is 0 Å². The summed E-state index contributed by atoms with van der Waals surface area (Å²) in [6.07, 6.45) is 16.1. The number of fused-ring (bicyclic) bond motifs is 3. The second-order valence-electron chi connectivity index (χ2n) is 10.8. The standard InChI is InChI=1S/C26H36O4/c1-17-8-11-21-25(2,20(17)10-9-18-13-15-28-23(18)27)14-12-22-26(21,3)16-29-24(30-22)19-6-4-5-7-19/h9,13,15,19-22,24H,1,4-8,10-12,14,16H2,2-3H3/b18-9+/t20-,21?,22-,24-,25+,26+/m1/s1. The highest BCUT2D eigenvalue weighted by molar-refractivity contribution is 5.94. The molecule has 164 valence electrons. The Bertz CT molecular complexity index is 776. The smallest absolute Gasteiger partial charge is 0.342 e. The van der Waals surface area contributed by atoms with E-state index in [-0.39, 0.29) is 23.1 Å². The SMILES string of the molecule is C=C1CCC2[C@]3(C)CO[C@@H](C4CCCC4)O[C@@H]3CC[C@@]2(C)[C@@H]1C/C=C1\C=COC1=O. The third-order valence-electron chi connectivity index (χ3n) is 9.19.